The summed E-state index contributed by atoms with van der Waals surface area (Å²) in [6, 6.07) is 33.7. The highest BCUT2D eigenvalue weighted by atomic mass is 31.2. The van der Waals surface area contributed by atoms with Crippen molar-refractivity contribution in [3.8, 4) is 11.5 Å². The van der Waals surface area contributed by atoms with E-state index in [1.165, 1.54) is 0 Å². The Labute approximate surface area is 188 Å². The Hall–Kier alpha value is -3.55. The van der Waals surface area contributed by atoms with Gasteiger partial charge in [-0.05, 0) is 53.2 Å². The van der Waals surface area contributed by atoms with Gasteiger partial charge < -0.3 is 9.84 Å². The second kappa shape index (κ2) is 9.30. The molecule has 4 aromatic carbocycles. The maximum absolute atomic E-state index is 13.8. The topological polar surface area (TPSA) is 46.5 Å². The first kappa shape index (κ1) is 21.7. The summed E-state index contributed by atoms with van der Waals surface area (Å²) in [4.78, 5) is 13.8. The number of aromatic hydroxyl groups is 1. The monoisotopic (exact) mass is 440 g/mol. The molecule has 0 atom stereocenters. The van der Waals surface area contributed by atoms with Crippen molar-refractivity contribution >= 4 is 34.4 Å². The Morgan fingerprint density at radius 3 is 1.62 bits per heavy atom. The van der Waals surface area contributed by atoms with Crippen LogP contribution in [0.5, 0.6) is 11.5 Å². The van der Waals surface area contributed by atoms with E-state index in [9.17, 15) is 9.90 Å². The van der Waals surface area contributed by atoms with Crippen LogP contribution in [-0.2, 0) is 0 Å². The van der Waals surface area contributed by atoms with Gasteiger partial charge in [0, 0.05) is 0 Å². The Bertz CT molecular complexity index is 1180. The maximum atomic E-state index is 13.8. The summed E-state index contributed by atoms with van der Waals surface area (Å²) in [6.45, 7) is -0.693. The van der Waals surface area contributed by atoms with Gasteiger partial charge in [0.05, 0.1) is 12.7 Å². The zero-order valence-electron chi connectivity index (χ0n) is 18.1. The molecule has 3 nitrogen and oxygen atoms in total. The molecule has 4 aromatic rings. The van der Waals surface area contributed by atoms with Crippen LogP contribution in [0.25, 0.3) is 0 Å². The van der Waals surface area contributed by atoms with Crippen LogP contribution >= 0.6 is 6.89 Å². The highest BCUT2D eigenvalue weighted by molar-refractivity contribution is 7.95. The lowest BCUT2D eigenvalue weighted by Gasteiger charge is -2.28. The van der Waals surface area contributed by atoms with Crippen LogP contribution in [-0.4, -0.2) is 23.8 Å². The Morgan fingerprint density at radius 2 is 1.22 bits per heavy atom. The van der Waals surface area contributed by atoms with Crippen LogP contribution in [0.4, 0.5) is 0 Å². The molecule has 0 amide bonds. The second-order valence-electron chi connectivity index (χ2n) is 7.56. The van der Waals surface area contributed by atoms with Gasteiger partial charge in [0.2, 0.25) is 0 Å². The lowest BCUT2D eigenvalue weighted by molar-refractivity contribution is 0.107. The molecular formula is C28H25O3P. The number of phenolic OH excluding ortho intramolecular Hbond substituents is 1. The average molecular weight is 440 g/mol. The lowest BCUT2D eigenvalue weighted by atomic mass is 10.1. The van der Waals surface area contributed by atoms with Crippen LogP contribution in [0.3, 0.4) is 0 Å². The van der Waals surface area contributed by atoms with Gasteiger partial charge in [0.1, 0.15) is 11.5 Å². The summed E-state index contributed by atoms with van der Waals surface area (Å²) >= 11 is 0. The Kier molecular flexibility index (Phi) is 6.30. The van der Waals surface area contributed by atoms with Crippen LogP contribution in [0.15, 0.2) is 103 Å². The van der Waals surface area contributed by atoms with Gasteiger partial charge in [-0.15, -0.1) is 0 Å². The van der Waals surface area contributed by atoms with E-state index >= 15 is 0 Å². The molecule has 0 unspecified atom stereocenters. The number of carbonyl (C=O) groups excluding carboxylic acids is 1. The number of rotatable bonds is 6. The summed E-state index contributed by atoms with van der Waals surface area (Å²) in [5, 5.41) is 13.9. The third-order valence-corrected chi connectivity index (χ3v) is 9.54. The molecule has 0 aliphatic rings. The van der Waals surface area contributed by atoms with Gasteiger partial charge >= 0.3 is 0 Å². The van der Waals surface area contributed by atoms with E-state index in [2.05, 4.69) is 36.4 Å². The molecule has 0 aromatic heterocycles. The van der Waals surface area contributed by atoms with E-state index in [1.54, 1.807) is 26.2 Å². The number of benzene rings is 4. The molecule has 160 valence electrons. The molecule has 0 spiro atoms. The van der Waals surface area contributed by atoms with Crippen LogP contribution in [0.1, 0.15) is 15.9 Å². The molecule has 32 heavy (non-hydrogen) atoms. The molecule has 1 N–H and O–H groups in total. The summed E-state index contributed by atoms with van der Waals surface area (Å²) in [5.41, 5.74) is 0.846. The minimum absolute atomic E-state index is 0.0145. The smallest absolute Gasteiger partial charge is 0.190 e. The third-order valence-electron chi connectivity index (χ3n) is 5.58. The predicted octanol–water partition coefficient (Wildman–Crippen LogP) is 4.69. The van der Waals surface area contributed by atoms with Gasteiger partial charge in [-0.1, -0.05) is 91.0 Å². The van der Waals surface area contributed by atoms with Crippen molar-refractivity contribution in [3.63, 3.8) is 0 Å². The quantitative estimate of drug-likeness (QED) is 0.350. The number of methoxy groups -OCH3 is 1. The third kappa shape index (κ3) is 4.00. The maximum Gasteiger partial charge on any atom is 0.190 e. The van der Waals surface area contributed by atoms with E-state index in [0.29, 0.717) is 11.3 Å². The predicted molar refractivity (Wildman–Crippen MR) is 135 cm³/mol. The zero-order valence-corrected chi connectivity index (χ0v) is 19.0. The van der Waals surface area contributed by atoms with Crippen molar-refractivity contribution in [2.24, 2.45) is 0 Å². The van der Waals surface area contributed by atoms with Gasteiger partial charge in [-0.2, -0.15) is 0 Å². The van der Waals surface area contributed by atoms with Crippen LogP contribution < -0.4 is 20.7 Å². The molecule has 0 saturated heterocycles. The Balaban J connectivity index is 2.08. The van der Waals surface area contributed by atoms with E-state index in [-0.39, 0.29) is 17.1 Å². The van der Waals surface area contributed by atoms with E-state index in [1.807, 2.05) is 60.4 Å². The largest absolute Gasteiger partial charge is 0.507 e. The number of Topliss-reactive ketones (excluding diaryl/α,β-unsaturated/α-hetero) is 1. The van der Waals surface area contributed by atoms with E-state index in [4.69, 9.17) is 4.74 Å². The first-order valence-electron chi connectivity index (χ1n) is 10.4. The minimum Gasteiger partial charge on any atom is -0.507 e. The number of aryl methyl sites for hydroxylation is 1. The van der Waals surface area contributed by atoms with E-state index < -0.39 is 6.89 Å². The molecule has 0 heterocycles. The van der Waals surface area contributed by atoms with Crippen LogP contribution in [0.2, 0.25) is 0 Å². The van der Waals surface area contributed by atoms with Crippen molar-refractivity contribution in [1.82, 2.24) is 0 Å². The van der Waals surface area contributed by atoms with Crippen molar-refractivity contribution < 1.29 is 14.6 Å². The van der Waals surface area contributed by atoms with Gasteiger partial charge in [-0.25, -0.2) is 0 Å². The number of hydrogen-bond acceptors (Lipinski definition) is 3. The summed E-state index contributed by atoms with van der Waals surface area (Å²) < 4.78 is 5.36. The Morgan fingerprint density at radius 1 is 0.781 bits per heavy atom. The van der Waals surface area contributed by atoms with Crippen LogP contribution in [0, 0.1) is 6.92 Å². The summed E-state index contributed by atoms with van der Waals surface area (Å²) in [6.07, 6.45) is 0. The highest BCUT2D eigenvalue weighted by Gasteiger charge is 2.27. The number of ketones is 1. The molecule has 0 fully saturated rings. The fourth-order valence-electron chi connectivity index (χ4n) is 3.96. The van der Waals surface area contributed by atoms with Crippen molar-refractivity contribution in [3.05, 3.63) is 114 Å². The van der Waals surface area contributed by atoms with E-state index in [0.717, 1.165) is 15.9 Å². The molecule has 0 bridgehead atoms. The van der Waals surface area contributed by atoms with Crippen molar-refractivity contribution in [1.29, 1.82) is 0 Å². The van der Waals surface area contributed by atoms with Crippen molar-refractivity contribution in [2.45, 2.75) is 6.92 Å². The number of carbonyl (C=O) groups is 1. The minimum atomic E-state index is -2.46. The number of hydrogen-bond donors (Lipinski definition) is 1. The lowest BCUT2D eigenvalue weighted by Crippen LogP contribution is -2.28. The standard InChI is InChI=1S/C28H25O3P/c1-21-18-22(31-2)19-26(28(21)30)27(29)20-32(23-12-6-3-7-13-23,24-14-8-4-9-15-24)25-16-10-5-11-17-25/h3-20,30H,1-2H3. The molecule has 0 aliphatic heterocycles. The fourth-order valence-corrected chi connectivity index (χ4v) is 7.72. The SMILES string of the molecule is COc1cc(C)c(O)c(C(=O)C=P(c2ccccc2)(c2ccccc2)c2ccccc2)c1. The molecular weight excluding hydrogens is 415 g/mol. The molecule has 0 saturated carbocycles. The summed E-state index contributed by atoms with van der Waals surface area (Å²) in [7, 11) is 1.55. The molecule has 4 rings (SSSR count). The molecule has 4 heteroatoms. The molecule has 0 aliphatic carbocycles. The van der Waals surface area contributed by atoms with Gasteiger partial charge in [0.25, 0.3) is 0 Å². The second-order valence-corrected chi connectivity index (χ2v) is 10.8. The highest BCUT2D eigenvalue weighted by Crippen LogP contribution is 2.44. The first-order chi connectivity index (χ1) is 15.6. The zero-order chi connectivity index (χ0) is 22.6. The average Bonchev–Trinajstić information content (AvgIpc) is 2.85. The van der Waals surface area contributed by atoms with Gasteiger partial charge in [-0.3, -0.25) is 4.79 Å². The fraction of sp³-hybridized carbons (Fsp3) is 0.0714. The number of phenols is 1. The normalized spacial score (nSPS) is 11.1. The number of ether oxygens (including phenoxy) is 1. The van der Waals surface area contributed by atoms with Crippen molar-refractivity contribution in [2.75, 3.05) is 7.11 Å². The molecule has 0 radical (unpaired) electrons. The first-order valence-corrected chi connectivity index (χ1v) is 12.3. The van der Waals surface area contributed by atoms with Gasteiger partial charge in [0.15, 0.2) is 5.78 Å². The summed E-state index contributed by atoms with van der Waals surface area (Å²) in [5.74, 6) is 2.12.